The number of nitro groups is 1. The van der Waals surface area contributed by atoms with E-state index in [4.69, 9.17) is 15.2 Å². The van der Waals surface area contributed by atoms with Crippen molar-refractivity contribution >= 4 is 38.2 Å². The van der Waals surface area contributed by atoms with E-state index in [0.29, 0.717) is 30.8 Å². The Morgan fingerprint density at radius 3 is 2.89 bits per heavy atom. The number of primary amides is 1. The summed E-state index contributed by atoms with van der Waals surface area (Å²) < 4.78 is 39.8. The van der Waals surface area contributed by atoms with Gasteiger partial charge >= 0.3 is 0 Å². The van der Waals surface area contributed by atoms with Crippen molar-refractivity contribution in [2.45, 2.75) is 16.2 Å². The van der Waals surface area contributed by atoms with Gasteiger partial charge in [0.2, 0.25) is 20.7 Å². The highest BCUT2D eigenvalue weighted by Crippen LogP contribution is 2.41. The number of fused-ring (bicyclic) bond motifs is 1. The highest BCUT2D eigenvalue weighted by atomic mass is 32.2. The van der Waals surface area contributed by atoms with Gasteiger partial charge in [0.25, 0.3) is 5.69 Å². The van der Waals surface area contributed by atoms with Crippen molar-refractivity contribution in [1.82, 2.24) is 9.97 Å². The third-order valence-corrected chi connectivity index (χ3v) is 8.82. The maximum absolute atomic E-state index is 14.2. The molecular weight excluding hydrogens is 514 g/mol. The van der Waals surface area contributed by atoms with Gasteiger partial charge in [-0.15, -0.1) is 0 Å². The quantitative estimate of drug-likeness (QED) is 0.272. The Labute approximate surface area is 217 Å². The van der Waals surface area contributed by atoms with Crippen LogP contribution in [0.3, 0.4) is 0 Å². The van der Waals surface area contributed by atoms with Gasteiger partial charge in [-0.2, -0.15) is 0 Å². The van der Waals surface area contributed by atoms with Crippen LogP contribution in [0.25, 0.3) is 11.0 Å². The van der Waals surface area contributed by atoms with Gasteiger partial charge < -0.3 is 25.5 Å². The van der Waals surface area contributed by atoms with E-state index in [1.807, 2.05) is 0 Å². The van der Waals surface area contributed by atoms with E-state index in [1.54, 1.807) is 18.3 Å². The molecule has 1 aliphatic carbocycles. The number of carbonyl (C=O) groups is 1. The fourth-order valence-corrected chi connectivity index (χ4v) is 6.50. The molecular formula is C25H25N5O7S. The number of nitrogens with two attached hydrogens (primary N) is 1. The van der Waals surface area contributed by atoms with Crippen LogP contribution in [0.2, 0.25) is 0 Å². The van der Waals surface area contributed by atoms with Gasteiger partial charge in [0.1, 0.15) is 23.0 Å². The van der Waals surface area contributed by atoms with Gasteiger partial charge in [0, 0.05) is 36.7 Å². The Morgan fingerprint density at radius 2 is 2.16 bits per heavy atom. The molecule has 2 aliphatic rings. The lowest BCUT2D eigenvalue weighted by atomic mass is 9.96. The number of anilines is 1. The van der Waals surface area contributed by atoms with E-state index in [9.17, 15) is 23.3 Å². The summed E-state index contributed by atoms with van der Waals surface area (Å²) in [7, 11) is -4.61. The van der Waals surface area contributed by atoms with E-state index >= 15 is 0 Å². The molecule has 38 heavy (non-hydrogen) atoms. The molecule has 1 saturated heterocycles. The lowest BCUT2D eigenvalue weighted by Gasteiger charge is -2.36. The molecule has 0 bridgehead atoms. The van der Waals surface area contributed by atoms with Crippen LogP contribution in [0.1, 0.15) is 6.42 Å². The molecule has 1 aliphatic heterocycles. The monoisotopic (exact) mass is 539 g/mol. The lowest BCUT2D eigenvalue weighted by molar-refractivity contribution is -0.384. The van der Waals surface area contributed by atoms with E-state index < -0.39 is 42.1 Å². The van der Waals surface area contributed by atoms with Crippen molar-refractivity contribution in [1.29, 1.82) is 0 Å². The molecule has 5 rings (SSSR count). The number of amides is 1. The number of rotatable bonds is 9. The number of nitrogens with zero attached hydrogens (tertiary/aromatic N) is 2. The Hall–Kier alpha value is -4.23. The first-order chi connectivity index (χ1) is 18.2. The predicted molar refractivity (Wildman–Crippen MR) is 138 cm³/mol. The smallest absolute Gasteiger partial charge is 0.293 e. The summed E-state index contributed by atoms with van der Waals surface area (Å²) in [6.07, 6.45) is 9.27. The Bertz CT molecular complexity index is 1560. The number of allylic oxidation sites excluding steroid dienone is 2. The van der Waals surface area contributed by atoms with Crippen LogP contribution in [-0.2, 0) is 19.4 Å². The first-order valence-corrected chi connectivity index (χ1v) is 13.3. The first-order valence-electron chi connectivity index (χ1n) is 11.8. The van der Waals surface area contributed by atoms with Gasteiger partial charge in [0.15, 0.2) is 0 Å². The molecule has 3 unspecified atom stereocenters. The highest BCUT2D eigenvalue weighted by Gasteiger charge is 2.54. The number of aromatic nitrogens is 2. The topological polar surface area (TPSA) is 180 Å². The number of aromatic amines is 1. The van der Waals surface area contributed by atoms with Crippen LogP contribution in [0.15, 0.2) is 71.9 Å². The van der Waals surface area contributed by atoms with Crippen LogP contribution in [-0.4, -0.2) is 53.9 Å². The van der Waals surface area contributed by atoms with Crippen LogP contribution in [0, 0.1) is 22.0 Å². The molecule has 3 atom stereocenters. The number of nitro benzene ring substituents is 1. The molecule has 198 valence electrons. The molecule has 3 aromatic rings. The summed E-state index contributed by atoms with van der Waals surface area (Å²) >= 11 is 0. The number of sulfone groups is 1. The van der Waals surface area contributed by atoms with Crippen molar-refractivity contribution in [2.24, 2.45) is 17.6 Å². The van der Waals surface area contributed by atoms with Crippen molar-refractivity contribution in [2.75, 3.05) is 25.1 Å². The Kier molecular flexibility index (Phi) is 6.63. The number of carbonyl (C=O) groups excluding carboxylic acids is 1. The molecule has 4 N–H and O–H groups in total. The van der Waals surface area contributed by atoms with E-state index in [1.165, 1.54) is 42.6 Å². The minimum atomic E-state index is -4.61. The Morgan fingerprint density at radius 1 is 1.32 bits per heavy atom. The summed E-state index contributed by atoms with van der Waals surface area (Å²) in [5.41, 5.74) is 5.93. The average Bonchev–Trinajstić information content (AvgIpc) is 3.59. The number of hydrogen-bond donors (Lipinski definition) is 3. The maximum atomic E-state index is 14.2. The zero-order chi connectivity index (χ0) is 26.9. The van der Waals surface area contributed by atoms with Crippen molar-refractivity contribution in [3.8, 4) is 5.75 Å². The fourth-order valence-electron chi connectivity index (χ4n) is 4.63. The summed E-state index contributed by atoms with van der Waals surface area (Å²) in [5, 5.41) is 15.6. The number of H-pyrrole nitrogens is 1. The highest BCUT2D eigenvalue weighted by molar-refractivity contribution is 7.93. The zero-order valence-corrected chi connectivity index (χ0v) is 20.9. The number of hydrogen-bond acceptors (Lipinski definition) is 9. The summed E-state index contributed by atoms with van der Waals surface area (Å²) in [5.74, 6) is -2.12. The van der Waals surface area contributed by atoms with Crippen LogP contribution in [0.4, 0.5) is 11.4 Å². The number of nitrogens with one attached hydrogen (secondary N) is 2. The second-order valence-electron chi connectivity index (χ2n) is 9.08. The molecule has 1 fully saturated rings. The van der Waals surface area contributed by atoms with E-state index in [0.717, 1.165) is 12.5 Å². The molecule has 3 heterocycles. The average molecular weight is 540 g/mol. The molecule has 1 amide bonds. The lowest BCUT2D eigenvalue weighted by Crippen LogP contribution is -2.53. The number of pyridine rings is 1. The SMILES string of the molecule is NC(=O)C1C=CC=CC1(Oc1cnc2[nH]ccc2c1)S(=O)(=O)c1ccc(NCC2CCOC2)c([N+](=O)[O-])c1. The third-order valence-electron chi connectivity index (χ3n) is 6.64. The van der Waals surface area contributed by atoms with Crippen LogP contribution < -0.4 is 15.8 Å². The van der Waals surface area contributed by atoms with Crippen molar-refractivity contribution < 1.29 is 27.6 Å². The summed E-state index contributed by atoms with van der Waals surface area (Å²) in [4.78, 5) is 28.2. The molecule has 1 aromatic carbocycles. The van der Waals surface area contributed by atoms with Gasteiger partial charge in [-0.3, -0.25) is 14.9 Å². The summed E-state index contributed by atoms with van der Waals surface area (Å²) in [6.45, 7) is 1.61. The predicted octanol–water partition coefficient (Wildman–Crippen LogP) is 2.70. The van der Waals surface area contributed by atoms with Crippen molar-refractivity contribution in [3.05, 3.63) is 77.1 Å². The second kappa shape index (κ2) is 9.91. The number of benzene rings is 1. The molecule has 0 radical (unpaired) electrons. The van der Waals surface area contributed by atoms with E-state index in [-0.39, 0.29) is 17.4 Å². The third kappa shape index (κ3) is 4.50. The zero-order valence-electron chi connectivity index (χ0n) is 20.1. The van der Waals surface area contributed by atoms with Gasteiger partial charge in [-0.25, -0.2) is 13.4 Å². The largest absolute Gasteiger partial charge is 0.464 e. The Balaban J connectivity index is 1.57. The van der Waals surface area contributed by atoms with Crippen LogP contribution >= 0.6 is 0 Å². The van der Waals surface area contributed by atoms with E-state index in [2.05, 4.69) is 15.3 Å². The van der Waals surface area contributed by atoms with Gasteiger partial charge in [-0.1, -0.05) is 18.2 Å². The minimum absolute atomic E-state index is 0.0680. The van der Waals surface area contributed by atoms with Crippen LogP contribution in [0.5, 0.6) is 5.75 Å². The molecule has 12 nitrogen and oxygen atoms in total. The minimum Gasteiger partial charge on any atom is -0.464 e. The molecule has 0 saturated carbocycles. The summed E-state index contributed by atoms with van der Waals surface area (Å²) in [6, 6.07) is 6.85. The van der Waals surface area contributed by atoms with Gasteiger partial charge in [-0.05, 0) is 36.8 Å². The first kappa shape index (κ1) is 25.4. The molecule has 13 heteroatoms. The normalized spacial score (nSPS) is 22.9. The van der Waals surface area contributed by atoms with Gasteiger partial charge in [0.05, 0.1) is 22.6 Å². The van der Waals surface area contributed by atoms with Crippen molar-refractivity contribution in [3.63, 3.8) is 0 Å². The molecule has 0 spiro atoms. The standard InChI is InChI=1S/C25H25N5O7S/c26-23(31)20-3-1-2-8-25(20,37-18-11-17-6-9-27-24(17)29-14-18)38(34,35)19-4-5-21(22(12-19)30(32)33)28-13-16-7-10-36-15-16/h1-6,8-9,11-12,14,16,20,28H,7,10,13,15H2,(H2,26,31)(H,27,29). The second-order valence-corrected chi connectivity index (χ2v) is 11.2. The fraction of sp³-hybridized carbons (Fsp3) is 0.280. The molecule has 2 aromatic heterocycles. The number of ether oxygens (including phenoxy) is 2. The maximum Gasteiger partial charge on any atom is 0.293 e.